The minimum atomic E-state index is 0. The molecular formula is C15H21ClIN3S2. The number of guanidine groups is 1. The Morgan fingerprint density at radius 2 is 2.14 bits per heavy atom. The van der Waals surface area contributed by atoms with E-state index < -0.39 is 0 Å². The standard InChI is InChI=1S/C15H20ClN3S2.HI/c1-11(12-6-8-20-10-12)9-19-15(17-2)18-7-5-13-3-4-14(16)21-13;/h3-4,6,8,10-11H,5,7,9H2,1-2H3,(H2,17,18,19);1H. The van der Waals surface area contributed by atoms with Crippen molar-refractivity contribution in [3.8, 4) is 0 Å². The molecule has 7 heteroatoms. The molecule has 0 fully saturated rings. The number of nitrogens with zero attached hydrogens (tertiary/aromatic N) is 1. The van der Waals surface area contributed by atoms with Crippen LogP contribution in [-0.4, -0.2) is 26.1 Å². The van der Waals surface area contributed by atoms with E-state index in [9.17, 15) is 0 Å². The Balaban J connectivity index is 0.00000242. The Hall–Kier alpha value is -0.310. The molecule has 0 aliphatic rings. The summed E-state index contributed by atoms with van der Waals surface area (Å²) in [6.07, 6.45) is 0.957. The van der Waals surface area contributed by atoms with Crippen molar-refractivity contribution in [2.24, 2.45) is 4.99 Å². The summed E-state index contributed by atoms with van der Waals surface area (Å²) in [6.45, 7) is 3.95. The molecule has 0 aromatic carbocycles. The van der Waals surface area contributed by atoms with E-state index in [1.165, 1.54) is 10.4 Å². The zero-order valence-electron chi connectivity index (χ0n) is 12.6. The van der Waals surface area contributed by atoms with Gasteiger partial charge < -0.3 is 10.6 Å². The van der Waals surface area contributed by atoms with Gasteiger partial charge in [0.25, 0.3) is 0 Å². The van der Waals surface area contributed by atoms with E-state index in [-0.39, 0.29) is 24.0 Å². The molecule has 0 spiro atoms. The minimum absolute atomic E-state index is 0. The second kappa shape index (κ2) is 10.5. The van der Waals surface area contributed by atoms with E-state index in [2.05, 4.69) is 45.4 Å². The van der Waals surface area contributed by atoms with Crippen LogP contribution in [-0.2, 0) is 6.42 Å². The molecule has 2 rings (SSSR count). The third-order valence-electron chi connectivity index (χ3n) is 3.20. The largest absolute Gasteiger partial charge is 0.356 e. The van der Waals surface area contributed by atoms with Crippen LogP contribution in [0.1, 0.15) is 23.3 Å². The maximum atomic E-state index is 5.93. The molecule has 122 valence electrons. The van der Waals surface area contributed by atoms with E-state index in [4.69, 9.17) is 11.6 Å². The van der Waals surface area contributed by atoms with Gasteiger partial charge in [0.15, 0.2) is 5.96 Å². The topological polar surface area (TPSA) is 36.4 Å². The highest BCUT2D eigenvalue weighted by molar-refractivity contribution is 14.0. The molecule has 0 radical (unpaired) electrons. The van der Waals surface area contributed by atoms with Crippen molar-refractivity contribution >= 4 is 64.2 Å². The first-order valence-corrected chi connectivity index (χ1v) is 9.03. The van der Waals surface area contributed by atoms with Gasteiger partial charge in [-0.25, -0.2) is 0 Å². The monoisotopic (exact) mass is 469 g/mol. The van der Waals surface area contributed by atoms with Crippen molar-refractivity contribution in [2.75, 3.05) is 20.1 Å². The molecule has 2 N–H and O–H groups in total. The van der Waals surface area contributed by atoms with Crippen LogP contribution in [0.4, 0.5) is 0 Å². The fraction of sp³-hybridized carbons (Fsp3) is 0.400. The molecule has 0 saturated heterocycles. The second-order valence-corrected chi connectivity index (χ2v) is 7.37. The third kappa shape index (κ3) is 6.44. The quantitative estimate of drug-likeness (QED) is 0.369. The number of hydrogen-bond acceptors (Lipinski definition) is 3. The fourth-order valence-corrected chi connectivity index (χ4v) is 3.80. The van der Waals surface area contributed by atoms with Crippen LogP contribution in [0, 0.1) is 0 Å². The molecule has 22 heavy (non-hydrogen) atoms. The van der Waals surface area contributed by atoms with E-state index in [1.807, 2.05) is 6.07 Å². The summed E-state index contributed by atoms with van der Waals surface area (Å²) in [7, 11) is 1.80. The summed E-state index contributed by atoms with van der Waals surface area (Å²) in [6, 6.07) is 6.19. The molecule has 0 amide bonds. The Bertz CT molecular complexity index is 569. The van der Waals surface area contributed by atoms with Gasteiger partial charge in [-0.1, -0.05) is 18.5 Å². The predicted molar refractivity (Wildman–Crippen MR) is 111 cm³/mol. The number of rotatable bonds is 6. The van der Waals surface area contributed by atoms with Crippen molar-refractivity contribution in [3.63, 3.8) is 0 Å². The van der Waals surface area contributed by atoms with Gasteiger partial charge >= 0.3 is 0 Å². The van der Waals surface area contributed by atoms with Crippen LogP contribution < -0.4 is 10.6 Å². The lowest BCUT2D eigenvalue weighted by atomic mass is 10.1. The minimum Gasteiger partial charge on any atom is -0.356 e. The highest BCUT2D eigenvalue weighted by Gasteiger charge is 2.07. The van der Waals surface area contributed by atoms with Crippen LogP contribution in [0.2, 0.25) is 4.34 Å². The zero-order chi connectivity index (χ0) is 15.1. The van der Waals surface area contributed by atoms with E-state index in [0.29, 0.717) is 5.92 Å². The smallest absolute Gasteiger partial charge is 0.191 e. The van der Waals surface area contributed by atoms with E-state index >= 15 is 0 Å². The van der Waals surface area contributed by atoms with Gasteiger partial charge in [0, 0.05) is 25.0 Å². The highest BCUT2D eigenvalue weighted by atomic mass is 127. The van der Waals surface area contributed by atoms with Gasteiger partial charge in [-0.05, 0) is 46.9 Å². The summed E-state index contributed by atoms with van der Waals surface area (Å²) in [5, 5.41) is 11.0. The molecule has 2 aromatic heterocycles. The molecule has 2 aromatic rings. The molecule has 2 heterocycles. The van der Waals surface area contributed by atoms with Crippen molar-refractivity contribution in [2.45, 2.75) is 19.3 Å². The Morgan fingerprint density at radius 1 is 1.32 bits per heavy atom. The van der Waals surface area contributed by atoms with Gasteiger partial charge in [-0.3, -0.25) is 4.99 Å². The summed E-state index contributed by atoms with van der Waals surface area (Å²) >= 11 is 9.29. The summed E-state index contributed by atoms with van der Waals surface area (Å²) in [5.41, 5.74) is 1.37. The van der Waals surface area contributed by atoms with Gasteiger partial charge in [-0.15, -0.1) is 35.3 Å². The SMILES string of the molecule is CN=C(NCCc1ccc(Cl)s1)NCC(C)c1ccsc1.I. The molecule has 1 unspecified atom stereocenters. The molecule has 3 nitrogen and oxygen atoms in total. The van der Waals surface area contributed by atoms with Crippen molar-refractivity contribution in [1.29, 1.82) is 0 Å². The normalized spacial score (nSPS) is 12.6. The lowest BCUT2D eigenvalue weighted by molar-refractivity contribution is 0.700. The average Bonchev–Trinajstić information content (AvgIpc) is 3.14. The van der Waals surface area contributed by atoms with Gasteiger partial charge in [0.2, 0.25) is 0 Å². The van der Waals surface area contributed by atoms with Gasteiger partial charge in [-0.2, -0.15) is 11.3 Å². The van der Waals surface area contributed by atoms with Crippen LogP contribution in [0.3, 0.4) is 0 Å². The third-order valence-corrected chi connectivity index (χ3v) is 5.20. The number of hydrogen-bond donors (Lipinski definition) is 2. The lowest BCUT2D eigenvalue weighted by Crippen LogP contribution is -2.39. The number of aliphatic imine (C=N–C) groups is 1. The van der Waals surface area contributed by atoms with Crippen LogP contribution in [0.25, 0.3) is 0 Å². The molecule has 0 bridgehead atoms. The molecule has 0 aliphatic heterocycles. The van der Waals surface area contributed by atoms with Crippen LogP contribution in [0.15, 0.2) is 34.0 Å². The molecular weight excluding hydrogens is 449 g/mol. The van der Waals surface area contributed by atoms with E-state index in [0.717, 1.165) is 29.8 Å². The maximum absolute atomic E-state index is 5.93. The summed E-state index contributed by atoms with van der Waals surface area (Å²) < 4.78 is 0.845. The lowest BCUT2D eigenvalue weighted by Gasteiger charge is -2.15. The van der Waals surface area contributed by atoms with Gasteiger partial charge in [0.1, 0.15) is 0 Å². The molecule has 0 saturated carbocycles. The van der Waals surface area contributed by atoms with Crippen LogP contribution in [0.5, 0.6) is 0 Å². The Morgan fingerprint density at radius 3 is 2.73 bits per heavy atom. The predicted octanol–water partition coefficient (Wildman–Crippen LogP) is 4.59. The first-order valence-electron chi connectivity index (χ1n) is 6.90. The van der Waals surface area contributed by atoms with Crippen molar-refractivity contribution in [1.82, 2.24) is 10.6 Å². The fourth-order valence-electron chi connectivity index (χ4n) is 1.93. The first-order chi connectivity index (χ1) is 10.2. The Kier molecular flexibility index (Phi) is 9.39. The van der Waals surface area contributed by atoms with Crippen LogP contribution >= 0.6 is 58.3 Å². The summed E-state index contributed by atoms with van der Waals surface area (Å²) in [4.78, 5) is 5.54. The number of halogens is 2. The summed E-state index contributed by atoms with van der Waals surface area (Å²) in [5.74, 6) is 1.32. The second-order valence-electron chi connectivity index (χ2n) is 4.79. The zero-order valence-corrected chi connectivity index (χ0v) is 17.4. The highest BCUT2D eigenvalue weighted by Crippen LogP contribution is 2.21. The van der Waals surface area contributed by atoms with Crippen molar-refractivity contribution < 1.29 is 0 Å². The van der Waals surface area contributed by atoms with Crippen molar-refractivity contribution in [3.05, 3.63) is 43.7 Å². The van der Waals surface area contributed by atoms with E-state index in [1.54, 1.807) is 29.7 Å². The number of nitrogens with one attached hydrogen (secondary N) is 2. The molecule has 1 atom stereocenters. The van der Waals surface area contributed by atoms with Gasteiger partial charge in [0.05, 0.1) is 4.34 Å². The number of thiophene rings is 2. The molecule has 0 aliphatic carbocycles. The average molecular weight is 470 g/mol. The maximum Gasteiger partial charge on any atom is 0.191 e. The Labute approximate surface area is 162 Å². The first kappa shape index (κ1) is 19.7.